The number of carbonyl (C=O) groups is 2. The summed E-state index contributed by atoms with van der Waals surface area (Å²) in [7, 11) is 0. The number of aromatic nitrogens is 2. The summed E-state index contributed by atoms with van der Waals surface area (Å²) in [6, 6.07) is 9.80. The van der Waals surface area contributed by atoms with E-state index in [1.54, 1.807) is 0 Å². The van der Waals surface area contributed by atoms with E-state index in [0.717, 1.165) is 29.7 Å². The Bertz CT molecular complexity index is 776. The first-order valence-electron chi connectivity index (χ1n) is 9.62. The van der Waals surface area contributed by atoms with Crippen LogP contribution in [0.3, 0.4) is 0 Å². The molecule has 0 spiro atoms. The quantitative estimate of drug-likeness (QED) is 0.852. The van der Waals surface area contributed by atoms with Gasteiger partial charge in [-0.3, -0.25) is 14.7 Å². The van der Waals surface area contributed by atoms with Crippen molar-refractivity contribution < 1.29 is 9.59 Å². The summed E-state index contributed by atoms with van der Waals surface area (Å²) in [5.74, 6) is 0.273. The lowest BCUT2D eigenvalue weighted by Crippen LogP contribution is -2.52. The van der Waals surface area contributed by atoms with Gasteiger partial charge >= 0.3 is 0 Å². The molecular weight excluding hydrogens is 340 g/mol. The Morgan fingerprint density at radius 3 is 2.44 bits per heavy atom. The second-order valence-electron chi connectivity index (χ2n) is 7.59. The van der Waals surface area contributed by atoms with E-state index in [2.05, 4.69) is 27.6 Å². The molecule has 0 bridgehead atoms. The van der Waals surface area contributed by atoms with Gasteiger partial charge in [0.2, 0.25) is 11.8 Å². The van der Waals surface area contributed by atoms with E-state index in [1.165, 1.54) is 6.92 Å². The van der Waals surface area contributed by atoms with Crippen LogP contribution in [0.2, 0.25) is 0 Å². The van der Waals surface area contributed by atoms with Gasteiger partial charge in [-0.05, 0) is 24.3 Å². The third-order valence-electron chi connectivity index (χ3n) is 5.26. The van der Waals surface area contributed by atoms with Crippen molar-refractivity contribution in [3.05, 3.63) is 42.2 Å². The Kier molecular flexibility index (Phi) is 5.94. The molecule has 1 aromatic heterocycles. The van der Waals surface area contributed by atoms with E-state index in [9.17, 15) is 9.59 Å². The Hall–Kier alpha value is -2.63. The van der Waals surface area contributed by atoms with E-state index in [-0.39, 0.29) is 17.7 Å². The van der Waals surface area contributed by atoms with E-state index in [0.29, 0.717) is 19.0 Å². The van der Waals surface area contributed by atoms with Gasteiger partial charge in [-0.25, -0.2) is 0 Å². The van der Waals surface area contributed by atoms with Gasteiger partial charge in [0.15, 0.2) is 0 Å². The number of benzene rings is 1. The molecule has 2 heterocycles. The molecule has 1 aliphatic heterocycles. The first-order chi connectivity index (χ1) is 13.0. The average molecular weight is 368 g/mol. The molecular formula is C21H28N4O2. The molecule has 2 N–H and O–H groups in total. The van der Waals surface area contributed by atoms with Crippen LogP contribution in [0.5, 0.6) is 0 Å². The first kappa shape index (κ1) is 19.1. The standard InChI is InChI=1S/C21H28N4O2/c1-14(2)19(23-15(3)26)21(27)25-11-9-17(10-12-25)20-18(13-22-24-20)16-7-5-4-6-8-16/h4-8,13-14,17,19H,9-12H2,1-3H3,(H,22,24)(H,23,26)/t19-/m1/s1. The lowest BCUT2D eigenvalue weighted by molar-refractivity contribution is -0.138. The minimum atomic E-state index is -0.453. The highest BCUT2D eigenvalue weighted by Gasteiger charge is 2.32. The minimum Gasteiger partial charge on any atom is -0.344 e. The van der Waals surface area contributed by atoms with Crippen LogP contribution in [0.4, 0.5) is 0 Å². The normalized spacial score (nSPS) is 16.4. The predicted molar refractivity (Wildman–Crippen MR) is 105 cm³/mol. The zero-order chi connectivity index (χ0) is 19.4. The number of piperidine rings is 1. The highest BCUT2D eigenvalue weighted by atomic mass is 16.2. The molecule has 144 valence electrons. The second-order valence-corrected chi connectivity index (χ2v) is 7.59. The van der Waals surface area contributed by atoms with Crippen molar-refractivity contribution in [3.63, 3.8) is 0 Å². The van der Waals surface area contributed by atoms with Crippen LogP contribution in [0.15, 0.2) is 36.5 Å². The van der Waals surface area contributed by atoms with Crippen molar-refractivity contribution in [3.8, 4) is 11.1 Å². The smallest absolute Gasteiger partial charge is 0.245 e. The molecule has 1 fully saturated rings. The molecule has 2 amide bonds. The van der Waals surface area contributed by atoms with Crippen LogP contribution in [0, 0.1) is 5.92 Å². The van der Waals surface area contributed by atoms with E-state index >= 15 is 0 Å². The summed E-state index contributed by atoms with van der Waals surface area (Å²) < 4.78 is 0. The molecule has 1 atom stereocenters. The van der Waals surface area contributed by atoms with Crippen molar-refractivity contribution in [1.82, 2.24) is 20.4 Å². The predicted octanol–water partition coefficient (Wildman–Crippen LogP) is 2.94. The van der Waals surface area contributed by atoms with Crippen LogP contribution in [-0.4, -0.2) is 46.0 Å². The summed E-state index contributed by atoms with van der Waals surface area (Å²) in [5, 5.41) is 10.2. The first-order valence-corrected chi connectivity index (χ1v) is 9.62. The number of likely N-dealkylation sites (tertiary alicyclic amines) is 1. The number of aromatic amines is 1. The van der Waals surface area contributed by atoms with Crippen LogP contribution >= 0.6 is 0 Å². The fraction of sp³-hybridized carbons (Fsp3) is 0.476. The largest absolute Gasteiger partial charge is 0.344 e. The van der Waals surface area contributed by atoms with E-state index in [4.69, 9.17) is 0 Å². The molecule has 2 aromatic rings. The van der Waals surface area contributed by atoms with Crippen molar-refractivity contribution >= 4 is 11.8 Å². The van der Waals surface area contributed by atoms with Gasteiger partial charge in [0.05, 0.1) is 6.20 Å². The zero-order valence-electron chi connectivity index (χ0n) is 16.2. The Labute approximate surface area is 160 Å². The molecule has 1 aliphatic rings. The lowest BCUT2D eigenvalue weighted by Gasteiger charge is -2.35. The maximum atomic E-state index is 12.8. The van der Waals surface area contributed by atoms with Crippen molar-refractivity contribution in [1.29, 1.82) is 0 Å². The van der Waals surface area contributed by atoms with Crippen LogP contribution in [0.1, 0.15) is 45.2 Å². The van der Waals surface area contributed by atoms with E-state index in [1.807, 2.05) is 43.1 Å². The number of rotatable bonds is 5. The number of amides is 2. The molecule has 6 nitrogen and oxygen atoms in total. The molecule has 1 aromatic carbocycles. The van der Waals surface area contributed by atoms with Gasteiger partial charge < -0.3 is 10.2 Å². The van der Waals surface area contributed by atoms with Crippen molar-refractivity contribution in [2.75, 3.05) is 13.1 Å². The Balaban J connectivity index is 1.67. The zero-order valence-corrected chi connectivity index (χ0v) is 16.2. The minimum absolute atomic E-state index is 0.0199. The highest BCUT2D eigenvalue weighted by Crippen LogP contribution is 2.34. The van der Waals surface area contributed by atoms with Crippen LogP contribution < -0.4 is 5.32 Å². The summed E-state index contributed by atoms with van der Waals surface area (Å²) in [6.45, 7) is 6.77. The van der Waals surface area contributed by atoms with Gasteiger partial charge in [0.25, 0.3) is 0 Å². The monoisotopic (exact) mass is 368 g/mol. The summed E-state index contributed by atoms with van der Waals surface area (Å²) >= 11 is 0. The second kappa shape index (κ2) is 8.37. The van der Waals surface area contributed by atoms with Gasteiger partial charge in [-0.15, -0.1) is 0 Å². The maximum absolute atomic E-state index is 12.8. The van der Waals surface area contributed by atoms with Crippen molar-refractivity contribution in [2.45, 2.75) is 45.6 Å². The van der Waals surface area contributed by atoms with Crippen LogP contribution in [0.25, 0.3) is 11.1 Å². The number of nitrogens with zero attached hydrogens (tertiary/aromatic N) is 2. The molecule has 27 heavy (non-hydrogen) atoms. The van der Waals surface area contributed by atoms with Gasteiger partial charge in [0, 0.05) is 37.2 Å². The third-order valence-corrected chi connectivity index (χ3v) is 5.26. The Morgan fingerprint density at radius 1 is 1.19 bits per heavy atom. The maximum Gasteiger partial charge on any atom is 0.245 e. The van der Waals surface area contributed by atoms with Gasteiger partial charge in [-0.1, -0.05) is 44.2 Å². The van der Waals surface area contributed by atoms with E-state index < -0.39 is 6.04 Å². The topological polar surface area (TPSA) is 78.1 Å². The molecule has 3 rings (SSSR count). The summed E-state index contributed by atoms with van der Waals surface area (Å²) in [6.07, 6.45) is 3.66. The number of carbonyl (C=O) groups excluding carboxylic acids is 2. The van der Waals surface area contributed by atoms with Gasteiger partial charge in [-0.2, -0.15) is 5.10 Å². The molecule has 0 aliphatic carbocycles. The number of H-pyrrole nitrogens is 1. The number of nitrogens with one attached hydrogen (secondary N) is 2. The summed E-state index contributed by atoms with van der Waals surface area (Å²) in [5.41, 5.74) is 3.44. The lowest BCUT2D eigenvalue weighted by atomic mass is 9.89. The van der Waals surface area contributed by atoms with Gasteiger partial charge in [0.1, 0.15) is 6.04 Å². The molecule has 0 radical (unpaired) electrons. The summed E-state index contributed by atoms with van der Waals surface area (Å²) in [4.78, 5) is 26.2. The molecule has 1 saturated heterocycles. The fourth-order valence-corrected chi connectivity index (χ4v) is 3.77. The SMILES string of the molecule is CC(=O)N[C@@H](C(=O)N1CCC(c2[nH]ncc2-c2ccccc2)CC1)C(C)C. The molecule has 0 saturated carbocycles. The average Bonchev–Trinajstić information content (AvgIpc) is 3.16. The number of hydrogen-bond donors (Lipinski definition) is 2. The molecule has 0 unspecified atom stereocenters. The van der Waals surface area contributed by atoms with Crippen LogP contribution in [-0.2, 0) is 9.59 Å². The van der Waals surface area contributed by atoms with Crippen molar-refractivity contribution in [2.24, 2.45) is 5.92 Å². The fourth-order valence-electron chi connectivity index (χ4n) is 3.77. The number of hydrogen-bond acceptors (Lipinski definition) is 3. The highest BCUT2D eigenvalue weighted by molar-refractivity contribution is 5.87. The Morgan fingerprint density at radius 2 is 1.85 bits per heavy atom. The molecule has 6 heteroatoms. The third kappa shape index (κ3) is 4.38.